The van der Waals surface area contributed by atoms with Crippen molar-refractivity contribution in [3.8, 4) is 0 Å². The molecule has 3 heterocycles. The van der Waals surface area contributed by atoms with Crippen molar-refractivity contribution in [2.75, 3.05) is 19.6 Å². The number of para-hydroxylation sites is 1. The van der Waals surface area contributed by atoms with Gasteiger partial charge in [-0.1, -0.05) is 12.1 Å². The first-order valence-corrected chi connectivity index (χ1v) is 10.5. The van der Waals surface area contributed by atoms with Gasteiger partial charge in [0.1, 0.15) is 0 Å². The molecule has 0 spiro atoms. The van der Waals surface area contributed by atoms with Gasteiger partial charge in [-0.25, -0.2) is 4.79 Å². The molecule has 1 aliphatic heterocycles. The number of H-pyrrole nitrogens is 1. The van der Waals surface area contributed by atoms with Gasteiger partial charge < -0.3 is 15.0 Å². The molecule has 1 saturated heterocycles. The van der Waals surface area contributed by atoms with Crippen LogP contribution in [0.4, 0.5) is 0 Å². The molecule has 0 amide bonds. The molecule has 2 unspecified atom stereocenters. The number of aryl methyl sites for hydroxylation is 1. The van der Waals surface area contributed by atoms with E-state index >= 15 is 0 Å². The number of nitrogens with zero attached hydrogens (tertiary/aromatic N) is 2. The molecule has 3 aromatic rings. The number of aromatic amines is 1. The largest absolute Gasteiger partial charge is 0.481 e. The summed E-state index contributed by atoms with van der Waals surface area (Å²) in [5.41, 5.74) is -0.229. The first-order valence-electron chi connectivity index (χ1n) is 9.67. The number of carboxylic acid groups (broad SMARTS) is 1. The van der Waals surface area contributed by atoms with Crippen LogP contribution in [0.5, 0.6) is 0 Å². The zero-order valence-corrected chi connectivity index (χ0v) is 16.9. The van der Waals surface area contributed by atoms with Crippen LogP contribution in [0.3, 0.4) is 0 Å². The van der Waals surface area contributed by atoms with E-state index in [2.05, 4.69) is 4.98 Å². The lowest BCUT2D eigenvalue weighted by atomic mass is 9.84. The van der Waals surface area contributed by atoms with Crippen molar-refractivity contribution in [1.29, 1.82) is 0 Å². The molecule has 0 radical (unpaired) electrons. The third kappa shape index (κ3) is 3.90. The van der Waals surface area contributed by atoms with Crippen molar-refractivity contribution in [3.63, 3.8) is 0 Å². The second-order valence-corrected chi connectivity index (χ2v) is 8.84. The molecule has 0 saturated carbocycles. The van der Waals surface area contributed by atoms with Crippen LogP contribution in [-0.4, -0.2) is 45.2 Å². The lowest BCUT2D eigenvalue weighted by molar-refractivity contribution is -0.144. The number of carbonyl (C=O) groups is 1. The number of nitrogens with one attached hydrogen (secondary N) is 1. The SMILES string of the molecule is Cc1ccc(C2CCN(CCn3c(=O)[nH]c4ccccc4c3=O)CC2C(=O)O)s1. The Morgan fingerprint density at radius 3 is 2.72 bits per heavy atom. The number of likely N-dealkylation sites (tertiary alicyclic amines) is 1. The van der Waals surface area contributed by atoms with Crippen LogP contribution in [0.2, 0.25) is 0 Å². The summed E-state index contributed by atoms with van der Waals surface area (Å²) >= 11 is 1.66. The Kier molecular flexibility index (Phi) is 5.38. The van der Waals surface area contributed by atoms with Gasteiger partial charge in [0.15, 0.2) is 0 Å². The van der Waals surface area contributed by atoms with Crippen LogP contribution in [-0.2, 0) is 11.3 Å². The first-order chi connectivity index (χ1) is 13.9. The van der Waals surface area contributed by atoms with Gasteiger partial charge in [0.2, 0.25) is 0 Å². The number of aromatic nitrogens is 2. The van der Waals surface area contributed by atoms with E-state index in [9.17, 15) is 19.5 Å². The van der Waals surface area contributed by atoms with Gasteiger partial charge in [0.25, 0.3) is 5.56 Å². The maximum absolute atomic E-state index is 12.7. The van der Waals surface area contributed by atoms with E-state index in [0.29, 0.717) is 24.0 Å². The van der Waals surface area contributed by atoms with E-state index in [0.717, 1.165) is 17.8 Å². The molecule has 152 valence electrons. The normalized spacial score (nSPS) is 20.2. The van der Waals surface area contributed by atoms with Gasteiger partial charge in [-0.15, -0.1) is 11.3 Å². The summed E-state index contributed by atoms with van der Waals surface area (Å²) in [4.78, 5) is 44.0. The minimum absolute atomic E-state index is 0.00856. The highest BCUT2D eigenvalue weighted by Gasteiger charge is 2.35. The van der Waals surface area contributed by atoms with Crippen LogP contribution >= 0.6 is 11.3 Å². The standard InChI is InChI=1S/C21H23N3O4S/c1-13-6-7-18(29-13)14-8-9-23(12-16(14)20(26)27)10-11-24-19(25)15-4-2-3-5-17(15)22-21(24)28/h2-7,14,16H,8-12H2,1H3,(H,22,28)(H,26,27). The number of benzene rings is 1. The molecule has 2 N–H and O–H groups in total. The van der Waals surface area contributed by atoms with E-state index in [4.69, 9.17) is 0 Å². The third-order valence-corrected chi connectivity index (χ3v) is 6.80. The third-order valence-electron chi connectivity index (χ3n) is 5.67. The van der Waals surface area contributed by atoms with Crippen LogP contribution in [0, 0.1) is 12.8 Å². The topological polar surface area (TPSA) is 95.4 Å². The fourth-order valence-electron chi connectivity index (χ4n) is 4.11. The lowest BCUT2D eigenvalue weighted by Gasteiger charge is -2.36. The van der Waals surface area contributed by atoms with E-state index in [-0.39, 0.29) is 18.0 Å². The summed E-state index contributed by atoms with van der Waals surface area (Å²) in [6.45, 7) is 3.87. The minimum atomic E-state index is -0.800. The number of rotatable bonds is 5. The average Bonchev–Trinajstić information content (AvgIpc) is 3.13. The number of thiophene rings is 1. The van der Waals surface area contributed by atoms with Crippen molar-refractivity contribution in [2.45, 2.75) is 25.8 Å². The molecule has 2 atom stereocenters. The first kappa shape index (κ1) is 19.6. The highest BCUT2D eigenvalue weighted by molar-refractivity contribution is 7.12. The Balaban J connectivity index is 1.50. The lowest BCUT2D eigenvalue weighted by Crippen LogP contribution is -2.45. The highest BCUT2D eigenvalue weighted by Crippen LogP contribution is 2.36. The van der Waals surface area contributed by atoms with Gasteiger partial charge >= 0.3 is 11.7 Å². The number of fused-ring (bicyclic) bond motifs is 1. The number of piperidine rings is 1. The fourth-order valence-corrected chi connectivity index (χ4v) is 5.19. The number of hydrogen-bond acceptors (Lipinski definition) is 5. The molecule has 29 heavy (non-hydrogen) atoms. The Morgan fingerprint density at radius 2 is 2.00 bits per heavy atom. The maximum Gasteiger partial charge on any atom is 0.328 e. The van der Waals surface area contributed by atoms with Gasteiger partial charge in [0, 0.05) is 35.3 Å². The molecule has 1 aliphatic rings. The summed E-state index contributed by atoms with van der Waals surface area (Å²) in [6.07, 6.45) is 0.750. The second-order valence-electron chi connectivity index (χ2n) is 7.52. The maximum atomic E-state index is 12.7. The summed E-state index contributed by atoms with van der Waals surface area (Å²) in [5, 5.41) is 10.2. The van der Waals surface area contributed by atoms with Crippen molar-refractivity contribution >= 4 is 28.2 Å². The van der Waals surface area contributed by atoms with E-state index < -0.39 is 17.6 Å². The van der Waals surface area contributed by atoms with Crippen molar-refractivity contribution in [1.82, 2.24) is 14.5 Å². The second kappa shape index (κ2) is 7.96. The molecular weight excluding hydrogens is 390 g/mol. The predicted molar refractivity (Wildman–Crippen MR) is 113 cm³/mol. The fraction of sp³-hybridized carbons (Fsp3) is 0.381. The molecule has 8 heteroatoms. The van der Waals surface area contributed by atoms with Gasteiger partial charge in [0.05, 0.1) is 16.8 Å². The predicted octanol–water partition coefficient (Wildman–Crippen LogP) is 2.25. The summed E-state index contributed by atoms with van der Waals surface area (Å²) in [5.74, 6) is -1.28. The zero-order valence-electron chi connectivity index (χ0n) is 16.1. The molecule has 0 bridgehead atoms. The van der Waals surface area contributed by atoms with Gasteiger partial charge in [-0.2, -0.15) is 0 Å². The quantitative estimate of drug-likeness (QED) is 0.669. The molecule has 4 rings (SSSR count). The molecule has 1 fully saturated rings. The average molecular weight is 413 g/mol. The molecule has 1 aromatic carbocycles. The van der Waals surface area contributed by atoms with Crippen molar-refractivity contribution < 1.29 is 9.90 Å². The molecule has 0 aliphatic carbocycles. The molecule has 2 aromatic heterocycles. The number of hydrogen-bond donors (Lipinski definition) is 2. The van der Waals surface area contributed by atoms with E-state index in [1.54, 1.807) is 35.6 Å². The summed E-state index contributed by atoms with van der Waals surface area (Å²) in [7, 11) is 0. The molecule has 7 nitrogen and oxygen atoms in total. The zero-order chi connectivity index (χ0) is 20.5. The molecular formula is C21H23N3O4S. The number of aliphatic carboxylic acids is 1. The van der Waals surface area contributed by atoms with Gasteiger partial charge in [-0.05, 0) is 44.2 Å². The number of carboxylic acids is 1. The Labute approximate surface area is 171 Å². The monoisotopic (exact) mass is 413 g/mol. The Bertz CT molecular complexity index is 1160. The van der Waals surface area contributed by atoms with Crippen LogP contribution in [0.15, 0.2) is 46.0 Å². The minimum Gasteiger partial charge on any atom is -0.481 e. The Hall–Kier alpha value is -2.71. The summed E-state index contributed by atoms with van der Waals surface area (Å²) in [6, 6.07) is 11.0. The van der Waals surface area contributed by atoms with E-state index in [1.807, 2.05) is 24.0 Å². The van der Waals surface area contributed by atoms with Crippen LogP contribution in [0.1, 0.15) is 22.1 Å². The van der Waals surface area contributed by atoms with Crippen molar-refractivity contribution in [2.24, 2.45) is 5.92 Å². The highest BCUT2D eigenvalue weighted by atomic mass is 32.1. The smallest absolute Gasteiger partial charge is 0.328 e. The van der Waals surface area contributed by atoms with Crippen LogP contribution in [0.25, 0.3) is 10.9 Å². The van der Waals surface area contributed by atoms with Crippen molar-refractivity contribution in [3.05, 3.63) is 67.0 Å². The van der Waals surface area contributed by atoms with Crippen LogP contribution < -0.4 is 11.2 Å². The van der Waals surface area contributed by atoms with Gasteiger partial charge in [-0.3, -0.25) is 14.2 Å². The van der Waals surface area contributed by atoms with E-state index in [1.165, 1.54) is 9.44 Å². The Morgan fingerprint density at radius 1 is 1.21 bits per heavy atom. The summed E-state index contributed by atoms with van der Waals surface area (Å²) < 4.78 is 1.20.